The van der Waals surface area contributed by atoms with Crippen LogP contribution < -0.4 is 5.32 Å². The van der Waals surface area contributed by atoms with E-state index in [2.05, 4.69) is 10.4 Å². The van der Waals surface area contributed by atoms with Crippen molar-refractivity contribution in [1.29, 1.82) is 0 Å². The molecular formula is C21H32N4O3S. The fourth-order valence-electron chi connectivity index (χ4n) is 3.10. The van der Waals surface area contributed by atoms with Crippen LogP contribution in [0.4, 0.5) is 5.82 Å². The molecular weight excluding hydrogens is 388 g/mol. The maximum Gasteiger partial charge on any atom is 0.243 e. The molecule has 0 aliphatic heterocycles. The van der Waals surface area contributed by atoms with Crippen molar-refractivity contribution in [1.82, 2.24) is 14.1 Å². The molecule has 1 aromatic carbocycles. The van der Waals surface area contributed by atoms with Gasteiger partial charge in [0.05, 0.1) is 16.1 Å². The lowest BCUT2D eigenvalue weighted by atomic mass is 10.1. The number of hydrogen-bond donors (Lipinski definition) is 1. The third-order valence-electron chi connectivity index (χ3n) is 4.64. The summed E-state index contributed by atoms with van der Waals surface area (Å²) in [6.45, 7) is 12.5. The van der Waals surface area contributed by atoms with Crippen LogP contribution in [0.2, 0.25) is 0 Å². The zero-order valence-electron chi connectivity index (χ0n) is 18.2. The molecule has 1 heterocycles. The predicted octanol–water partition coefficient (Wildman–Crippen LogP) is 3.55. The second kappa shape index (κ2) is 9.09. The molecule has 0 atom stereocenters. The van der Waals surface area contributed by atoms with E-state index in [-0.39, 0.29) is 16.3 Å². The van der Waals surface area contributed by atoms with Gasteiger partial charge in [0.25, 0.3) is 0 Å². The third kappa shape index (κ3) is 5.67. The maximum atomic E-state index is 12.5. The number of carbonyl (C=O) groups is 1. The summed E-state index contributed by atoms with van der Waals surface area (Å²) in [4.78, 5) is 12.7. The Kier molecular flexibility index (Phi) is 7.24. The Bertz CT molecular complexity index is 937. The summed E-state index contributed by atoms with van der Waals surface area (Å²) in [6, 6.07) is 8.62. The lowest BCUT2D eigenvalue weighted by Crippen LogP contribution is -2.30. The minimum absolute atomic E-state index is 0.102. The summed E-state index contributed by atoms with van der Waals surface area (Å²) in [6.07, 6.45) is 0.830. The van der Waals surface area contributed by atoms with E-state index in [1.807, 2.05) is 52.3 Å². The van der Waals surface area contributed by atoms with Crippen molar-refractivity contribution < 1.29 is 13.2 Å². The van der Waals surface area contributed by atoms with Gasteiger partial charge in [0.15, 0.2) is 0 Å². The fourth-order valence-corrected chi connectivity index (χ4v) is 4.56. The van der Waals surface area contributed by atoms with Gasteiger partial charge >= 0.3 is 0 Å². The highest BCUT2D eigenvalue weighted by Crippen LogP contribution is 2.22. The van der Waals surface area contributed by atoms with E-state index < -0.39 is 10.0 Å². The molecule has 0 saturated heterocycles. The summed E-state index contributed by atoms with van der Waals surface area (Å²) < 4.78 is 28.3. The van der Waals surface area contributed by atoms with E-state index in [1.165, 1.54) is 4.31 Å². The van der Waals surface area contributed by atoms with Gasteiger partial charge in [0.1, 0.15) is 5.82 Å². The summed E-state index contributed by atoms with van der Waals surface area (Å²) in [5.74, 6) is 0.580. The highest BCUT2D eigenvalue weighted by atomic mass is 32.2. The number of aryl methyl sites for hydroxylation is 2. The molecule has 2 aromatic rings. The standard InChI is InChI=1S/C21H32N4O3S/c1-7-24(8-2)29(27,28)18-12-9-17(10-13-18)11-14-20(26)22-19-15-16(3)23-25(19)21(4,5)6/h9-10,12-13,15H,7-8,11,14H2,1-6H3,(H,22,26). The highest BCUT2D eigenvalue weighted by molar-refractivity contribution is 7.89. The van der Waals surface area contributed by atoms with Gasteiger partial charge < -0.3 is 5.32 Å². The largest absolute Gasteiger partial charge is 0.311 e. The predicted molar refractivity (Wildman–Crippen MR) is 115 cm³/mol. The first-order chi connectivity index (χ1) is 13.5. The van der Waals surface area contributed by atoms with Crippen molar-refractivity contribution in [3.63, 3.8) is 0 Å². The van der Waals surface area contributed by atoms with Gasteiger partial charge in [0.2, 0.25) is 15.9 Å². The minimum atomic E-state index is -3.46. The SMILES string of the molecule is CCN(CC)S(=O)(=O)c1ccc(CCC(=O)Nc2cc(C)nn2C(C)(C)C)cc1. The number of hydrogen-bond acceptors (Lipinski definition) is 4. The van der Waals surface area contributed by atoms with Crippen molar-refractivity contribution in [2.75, 3.05) is 18.4 Å². The number of sulfonamides is 1. The van der Waals surface area contributed by atoms with E-state index >= 15 is 0 Å². The lowest BCUT2D eigenvalue weighted by molar-refractivity contribution is -0.116. The molecule has 8 heteroatoms. The molecule has 1 N–H and O–H groups in total. The van der Waals surface area contributed by atoms with E-state index in [4.69, 9.17) is 0 Å². The number of aromatic nitrogens is 2. The molecule has 2 rings (SSSR count). The Morgan fingerprint density at radius 2 is 1.72 bits per heavy atom. The van der Waals surface area contributed by atoms with Gasteiger partial charge in [-0.1, -0.05) is 26.0 Å². The number of nitrogens with zero attached hydrogens (tertiary/aromatic N) is 3. The zero-order valence-corrected chi connectivity index (χ0v) is 19.0. The van der Waals surface area contributed by atoms with Crippen molar-refractivity contribution >= 4 is 21.7 Å². The number of amides is 1. The van der Waals surface area contributed by atoms with Gasteiger partial charge in [-0.15, -0.1) is 0 Å². The fraction of sp³-hybridized carbons (Fsp3) is 0.524. The topological polar surface area (TPSA) is 84.3 Å². The highest BCUT2D eigenvalue weighted by Gasteiger charge is 2.22. The first kappa shape index (κ1) is 23.1. The van der Waals surface area contributed by atoms with E-state index in [9.17, 15) is 13.2 Å². The molecule has 7 nitrogen and oxygen atoms in total. The van der Waals surface area contributed by atoms with Crippen LogP contribution in [-0.4, -0.2) is 41.5 Å². The van der Waals surface area contributed by atoms with Gasteiger partial charge in [0, 0.05) is 25.6 Å². The van der Waals surface area contributed by atoms with Crippen LogP contribution >= 0.6 is 0 Å². The quantitative estimate of drug-likeness (QED) is 0.708. The number of nitrogens with one attached hydrogen (secondary N) is 1. The summed E-state index contributed by atoms with van der Waals surface area (Å²) in [5, 5.41) is 7.39. The van der Waals surface area contributed by atoms with Crippen LogP contribution in [0.1, 0.15) is 52.3 Å². The molecule has 0 radical (unpaired) electrons. The second-order valence-electron chi connectivity index (χ2n) is 8.04. The molecule has 0 bridgehead atoms. The van der Waals surface area contributed by atoms with Crippen molar-refractivity contribution in [3.8, 4) is 0 Å². The van der Waals surface area contributed by atoms with E-state index in [0.717, 1.165) is 11.3 Å². The summed E-state index contributed by atoms with van der Waals surface area (Å²) in [7, 11) is -3.46. The van der Waals surface area contributed by atoms with Crippen LogP contribution in [0.3, 0.4) is 0 Å². The normalized spacial score (nSPS) is 12.4. The third-order valence-corrected chi connectivity index (χ3v) is 6.71. The van der Waals surface area contributed by atoms with Crippen molar-refractivity contribution in [3.05, 3.63) is 41.6 Å². The first-order valence-electron chi connectivity index (χ1n) is 9.95. The molecule has 29 heavy (non-hydrogen) atoms. The Labute approximate surface area is 174 Å². The number of anilines is 1. The monoisotopic (exact) mass is 420 g/mol. The Hall–Kier alpha value is -2.19. The Morgan fingerprint density at radius 1 is 1.14 bits per heavy atom. The Morgan fingerprint density at radius 3 is 2.24 bits per heavy atom. The van der Waals surface area contributed by atoms with Crippen LogP contribution in [0.15, 0.2) is 35.2 Å². The van der Waals surface area contributed by atoms with E-state index in [0.29, 0.717) is 31.7 Å². The smallest absolute Gasteiger partial charge is 0.243 e. The second-order valence-corrected chi connectivity index (χ2v) is 9.97. The lowest BCUT2D eigenvalue weighted by Gasteiger charge is -2.22. The molecule has 0 fully saturated rings. The minimum Gasteiger partial charge on any atom is -0.311 e. The molecule has 0 aliphatic rings. The van der Waals surface area contributed by atoms with Gasteiger partial charge in [-0.2, -0.15) is 9.40 Å². The molecule has 1 aromatic heterocycles. The average molecular weight is 421 g/mol. The van der Waals surface area contributed by atoms with E-state index in [1.54, 1.807) is 24.3 Å². The number of rotatable bonds is 8. The number of carbonyl (C=O) groups excluding carboxylic acids is 1. The van der Waals surface area contributed by atoms with Crippen molar-refractivity contribution in [2.24, 2.45) is 0 Å². The molecule has 0 spiro atoms. The van der Waals surface area contributed by atoms with Gasteiger partial charge in [-0.25, -0.2) is 13.1 Å². The van der Waals surface area contributed by atoms with Crippen LogP contribution in [0.25, 0.3) is 0 Å². The van der Waals surface area contributed by atoms with Crippen LogP contribution in [0, 0.1) is 6.92 Å². The zero-order chi connectivity index (χ0) is 21.8. The summed E-state index contributed by atoms with van der Waals surface area (Å²) in [5.41, 5.74) is 1.53. The summed E-state index contributed by atoms with van der Waals surface area (Å²) >= 11 is 0. The van der Waals surface area contributed by atoms with Gasteiger partial charge in [-0.05, 0) is 51.8 Å². The average Bonchev–Trinajstić information content (AvgIpc) is 3.01. The van der Waals surface area contributed by atoms with Gasteiger partial charge in [-0.3, -0.25) is 4.79 Å². The molecule has 1 amide bonds. The molecule has 0 aliphatic carbocycles. The molecule has 160 valence electrons. The molecule has 0 saturated carbocycles. The first-order valence-corrected chi connectivity index (χ1v) is 11.4. The van der Waals surface area contributed by atoms with Crippen LogP contribution in [-0.2, 0) is 26.8 Å². The molecule has 0 unspecified atom stereocenters. The van der Waals surface area contributed by atoms with Crippen LogP contribution in [0.5, 0.6) is 0 Å². The Balaban J connectivity index is 2.02. The maximum absolute atomic E-state index is 12.5. The number of benzene rings is 1. The van der Waals surface area contributed by atoms with Crippen molar-refractivity contribution in [2.45, 2.75) is 64.8 Å².